The van der Waals surface area contributed by atoms with Gasteiger partial charge in [-0.1, -0.05) is 25.4 Å². The molecule has 2 rings (SSSR count). The largest absolute Gasteiger partial charge is 0.324 e. The van der Waals surface area contributed by atoms with Crippen LogP contribution in [0, 0.1) is 29.4 Å². The highest BCUT2D eigenvalue weighted by atomic mass is 35.5. The molecule has 0 amide bonds. The van der Waals surface area contributed by atoms with E-state index in [1.165, 1.54) is 6.42 Å². The van der Waals surface area contributed by atoms with Crippen LogP contribution in [0.5, 0.6) is 0 Å². The lowest BCUT2D eigenvalue weighted by molar-refractivity contribution is 0.191. The molecule has 3 unspecified atom stereocenters. The zero-order valence-corrected chi connectivity index (χ0v) is 12.1. The highest BCUT2D eigenvalue weighted by molar-refractivity contribution is 6.30. The Bertz CT molecular complexity index is 454. The first-order chi connectivity index (χ1) is 8.88. The summed E-state index contributed by atoms with van der Waals surface area (Å²) in [5.41, 5.74) is 6.41. The van der Waals surface area contributed by atoms with Crippen molar-refractivity contribution in [3.8, 4) is 0 Å². The van der Waals surface area contributed by atoms with Gasteiger partial charge in [0.25, 0.3) is 0 Å². The van der Waals surface area contributed by atoms with Crippen molar-refractivity contribution in [3.05, 3.63) is 34.4 Å². The molecule has 0 heterocycles. The molecule has 0 spiro atoms. The van der Waals surface area contributed by atoms with Crippen LogP contribution in [0.2, 0.25) is 5.02 Å². The number of nitrogens with two attached hydrogens (primary N) is 1. The third kappa shape index (κ3) is 3.26. The van der Waals surface area contributed by atoms with Crippen LogP contribution >= 0.6 is 11.6 Å². The van der Waals surface area contributed by atoms with Gasteiger partial charge in [0.2, 0.25) is 0 Å². The molecule has 1 aromatic rings. The topological polar surface area (TPSA) is 26.0 Å². The van der Waals surface area contributed by atoms with Gasteiger partial charge >= 0.3 is 0 Å². The van der Waals surface area contributed by atoms with Crippen molar-refractivity contribution in [1.29, 1.82) is 0 Å². The van der Waals surface area contributed by atoms with E-state index in [0.29, 0.717) is 11.8 Å². The molecule has 0 aromatic heterocycles. The molecule has 4 heteroatoms. The lowest BCUT2D eigenvalue weighted by Gasteiger charge is -2.35. The second-order valence-corrected chi connectivity index (χ2v) is 6.40. The third-order valence-corrected chi connectivity index (χ3v) is 4.41. The van der Waals surface area contributed by atoms with Gasteiger partial charge in [0.15, 0.2) is 0 Å². The monoisotopic (exact) mass is 287 g/mol. The SMILES string of the molecule is CC1CC(C)CC(C(N)c2cc(F)c(Cl)cc2F)C1. The molecule has 1 fully saturated rings. The van der Waals surface area contributed by atoms with Gasteiger partial charge in [-0.05, 0) is 49.1 Å². The smallest absolute Gasteiger partial charge is 0.142 e. The molecular weight excluding hydrogens is 268 g/mol. The minimum atomic E-state index is -0.606. The van der Waals surface area contributed by atoms with Gasteiger partial charge in [-0.25, -0.2) is 8.78 Å². The van der Waals surface area contributed by atoms with Gasteiger partial charge in [0, 0.05) is 11.6 Å². The minimum absolute atomic E-state index is 0.196. The van der Waals surface area contributed by atoms with E-state index in [0.717, 1.165) is 25.0 Å². The molecule has 2 N–H and O–H groups in total. The summed E-state index contributed by atoms with van der Waals surface area (Å²) in [6.45, 7) is 4.38. The van der Waals surface area contributed by atoms with Crippen LogP contribution < -0.4 is 5.73 Å². The van der Waals surface area contributed by atoms with E-state index >= 15 is 0 Å². The third-order valence-electron chi connectivity index (χ3n) is 4.12. The zero-order valence-electron chi connectivity index (χ0n) is 11.3. The Balaban J connectivity index is 2.23. The van der Waals surface area contributed by atoms with Gasteiger partial charge in [0.05, 0.1) is 5.02 Å². The molecule has 3 atom stereocenters. The fraction of sp³-hybridized carbons (Fsp3) is 0.600. The molecule has 0 radical (unpaired) electrons. The van der Waals surface area contributed by atoms with Crippen molar-refractivity contribution in [2.45, 2.75) is 39.2 Å². The normalized spacial score (nSPS) is 29.3. The van der Waals surface area contributed by atoms with Crippen LogP contribution in [0.3, 0.4) is 0 Å². The number of hydrogen-bond donors (Lipinski definition) is 1. The summed E-state index contributed by atoms with van der Waals surface area (Å²) in [6, 6.07) is 1.70. The predicted molar refractivity (Wildman–Crippen MR) is 74.0 cm³/mol. The average molecular weight is 288 g/mol. The van der Waals surface area contributed by atoms with E-state index < -0.39 is 17.7 Å². The summed E-state index contributed by atoms with van der Waals surface area (Å²) in [6.07, 6.45) is 3.12. The summed E-state index contributed by atoms with van der Waals surface area (Å²) in [4.78, 5) is 0. The average Bonchev–Trinajstić information content (AvgIpc) is 2.31. The highest BCUT2D eigenvalue weighted by Crippen LogP contribution is 2.39. The van der Waals surface area contributed by atoms with Crippen molar-refractivity contribution in [1.82, 2.24) is 0 Å². The van der Waals surface area contributed by atoms with Gasteiger partial charge in [0.1, 0.15) is 11.6 Å². The van der Waals surface area contributed by atoms with Crippen molar-refractivity contribution in [3.63, 3.8) is 0 Å². The maximum absolute atomic E-state index is 13.9. The first-order valence-corrected chi connectivity index (χ1v) is 7.16. The molecule has 1 saturated carbocycles. The van der Waals surface area contributed by atoms with Crippen molar-refractivity contribution in [2.75, 3.05) is 0 Å². The Morgan fingerprint density at radius 3 is 2.26 bits per heavy atom. The molecule has 0 bridgehead atoms. The van der Waals surface area contributed by atoms with Crippen molar-refractivity contribution < 1.29 is 8.78 Å². The van der Waals surface area contributed by atoms with E-state index in [1.807, 2.05) is 0 Å². The Labute approximate surface area is 118 Å². The van der Waals surface area contributed by atoms with Crippen LogP contribution in [0.25, 0.3) is 0 Å². The van der Waals surface area contributed by atoms with Crippen LogP contribution in [0.15, 0.2) is 12.1 Å². The lowest BCUT2D eigenvalue weighted by Crippen LogP contribution is -2.30. The predicted octanol–water partition coefficient (Wildman–Crippen LogP) is 4.69. The summed E-state index contributed by atoms with van der Waals surface area (Å²) in [7, 11) is 0. The quantitative estimate of drug-likeness (QED) is 0.785. The van der Waals surface area contributed by atoms with E-state index in [2.05, 4.69) is 13.8 Å². The summed E-state index contributed by atoms with van der Waals surface area (Å²) >= 11 is 5.57. The first-order valence-electron chi connectivity index (χ1n) is 6.78. The second-order valence-electron chi connectivity index (χ2n) is 5.99. The van der Waals surface area contributed by atoms with Gasteiger partial charge in [-0.3, -0.25) is 0 Å². The number of halogens is 3. The molecule has 1 aliphatic rings. The van der Waals surface area contributed by atoms with E-state index in [-0.39, 0.29) is 16.5 Å². The zero-order chi connectivity index (χ0) is 14.2. The number of hydrogen-bond acceptors (Lipinski definition) is 1. The van der Waals surface area contributed by atoms with Crippen LogP contribution in [-0.2, 0) is 0 Å². The van der Waals surface area contributed by atoms with Crippen LogP contribution in [-0.4, -0.2) is 0 Å². The second kappa shape index (κ2) is 5.76. The molecule has 0 saturated heterocycles. The summed E-state index contributed by atoms with van der Waals surface area (Å²) < 4.78 is 27.4. The number of rotatable bonds is 2. The number of benzene rings is 1. The van der Waals surface area contributed by atoms with Gasteiger partial charge < -0.3 is 5.73 Å². The Morgan fingerprint density at radius 1 is 1.11 bits per heavy atom. The lowest BCUT2D eigenvalue weighted by atomic mass is 9.72. The van der Waals surface area contributed by atoms with E-state index in [4.69, 9.17) is 17.3 Å². The molecular formula is C15H20ClF2N. The Morgan fingerprint density at radius 2 is 1.68 bits per heavy atom. The van der Waals surface area contributed by atoms with Crippen LogP contribution in [0.1, 0.15) is 44.7 Å². The minimum Gasteiger partial charge on any atom is -0.324 e. The molecule has 1 nitrogen and oxygen atoms in total. The van der Waals surface area contributed by atoms with E-state index in [9.17, 15) is 8.78 Å². The summed E-state index contributed by atoms with van der Waals surface area (Å²) in [5, 5.41) is -0.196. The molecule has 0 aliphatic heterocycles. The van der Waals surface area contributed by atoms with E-state index in [1.54, 1.807) is 0 Å². The van der Waals surface area contributed by atoms with Gasteiger partial charge in [-0.2, -0.15) is 0 Å². The van der Waals surface area contributed by atoms with Crippen molar-refractivity contribution in [2.24, 2.45) is 23.5 Å². The Kier molecular flexibility index (Phi) is 4.46. The molecule has 1 aromatic carbocycles. The first kappa shape index (κ1) is 14.7. The Hall–Kier alpha value is -0.670. The summed E-state index contributed by atoms with van der Waals surface area (Å²) in [5.74, 6) is 0.254. The fourth-order valence-electron chi connectivity index (χ4n) is 3.35. The van der Waals surface area contributed by atoms with Gasteiger partial charge in [-0.15, -0.1) is 0 Å². The maximum Gasteiger partial charge on any atom is 0.142 e. The van der Waals surface area contributed by atoms with Crippen LogP contribution in [0.4, 0.5) is 8.78 Å². The van der Waals surface area contributed by atoms with Crippen molar-refractivity contribution >= 4 is 11.6 Å². The fourth-order valence-corrected chi connectivity index (χ4v) is 3.50. The standard InChI is InChI=1S/C15H20ClF2N/c1-8-3-9(2)5-10(4-8)15(19)11-6-14(18)12(16)7-13(11)17/h6-10,15H,3-5,19H2,1-2H3. The molecule has 19 heavy (non-hydrogen) atoms. The maximum atomic E-state index is 13.9. The molecule has 106 valence electrons. The molecule has 1 aliphatic carbocycles. The highest BCUT2D eigenvalue weighted by Gasteiger charge is 2.30.